The molecule has 3 N–H and O–H groups in total. The second-order valence-electron chi connectivity index (χ2n) is 10.3. The molecule has 0 aliphatic heterocycles. The first-order chi connectivity index (χ1) is 18.0. The van der Waals surface area contributed by atoms with Gasteiger partial charge in [-0.3, -0.25) is 9.59 Å². The van der Waals surface area contributed by atoms with Gasteiger partial charge in [0.1, 0.15) is 18.2 Å². The molecule has 1 aliphatic rings. The lowest BCUT2D eigenvalue weighted by molar-refractivity contribution is -0.145. The van der Waals surface area contributed by atoms with Gasteiger partial charge < -0.3 is 25.2 Å². The van der Waals surface area contributed by atoms with Gasteiger partial charge in [0.15, 0.2) is 0 Å². The van der Waals surface area contributed by atoms with Crippen molar-refractivity contribution in [3.05, 3.63) is 59.7 Å². The number of fused-ring (bicyclic) bond motifs is 3. The van der Waals surface area contributed by atoms with Gasteiger partial charge in [-0.15, -0.1) is 0 Å². The monoisotopic (exact) mass is 524 g/mol. The second kappa shape index (κ2) is 13.1. The molecule has 9 nitrogen and oxygen atoms in total. The largest absolute Gasteiger partial charge is 0.480 e. The molecular weight excluding hydrogens is 488 g/mol. The molecule has 38 heavy (non-hydrogen) atoms. The lowest BCUT2D eigenvalue weighted by atomic mass is 9.98. The number of hydrogen-bond donors (Lipinski definition) is 3. The van der Waals surface area contributed by atoms with Gasteiger partial charge in [-0.05, 0) is 62.3 Å². The van der Waals surface area contributed by atoms with E-state index in [1.165, 1.54) is 0 Å². The summed E-state index contributed by atoms with van der Waals surface area (Å²) < 4.78 is 10.6. The predicted octanol–water partition coefficient (Wildman–Crippen LogP) is 4.39. The summed E-state index contributed by atoms with van der Waals surface area (Å²) in [5, 5.41) is 14.5. The van der Waals surface area contributed by atoms with E-state index in [-0.39, 0.29) is 31.8 Å². The third-order valence-electron chi connectivity index (χ3n) is 6.15. The van der Waals surface area contributed by atoms with Gasteiger partial charge in [0.2, 0.25) is 5.91 Å². The Bertz CT molecular complexity index is 1110. The van der Waals surface area contributed by atoms with Gasteiger partial charge in [-0.1, -0.05) is 48.5 Å². The van der Waals surface area contributed by atoms with E-state index in [2.05, 4.69) is 22.8 Å². The van der Waals surface area contributed by atoms with E-state index in [0.29, 0.717) is 19.4 Å². The number of carboxylic acid groups (broad SMARTS) is 1. The highest BCUT2D eigenvalue weighted by Gasteiger charge is 2.29. The zero-order valence-electron chi connectivity index (χ0n) is 22.1. The van der Waals surface area contributed by atoms with Gasteiger partial charge >= 0.3 is 18.0 Å². The number of aliphatic carboxylic acids is 1. The van der Waals surface area contributed by atoms with Crippen LogP contribution < -0.4 is 10.6 Å². The van der Waals surface area contributed by atoms with Crippen LogP contribution in [-0.2, 0) is 23.9 Å². The Morgan fingerprint density at radius 1 is 0.921 bits per heavy atom. The normalized spacial score (nSPS) is 13.1. The highest BCUT2D eigenvalue weighted by molar-refractivity contribution is 5.86. The van der Waals surface area contributed by atoms with Crippen LogP contribution in [0.4, 0.5) is 4.79 Å². The number of hydrogen-bond acceptors (Lipinski definition) is 6. The van der Waals surface area contributed by atoms with Crippen molar-refractivity contribution >= 4 is 23.9 Å². The fourth-order valence-electron chi connectivity index (χ4n) is 4.41. The van der Waals surface area contributed by atoms with E-state index in [1.807, 2.05) is 36.4 Å². The molecule has 2 aromatic carbocycles. The Hall–Kier alpha value is -3.88. The maximum atomic E-state index is 12.4. The van der Waals surface area contributed by atoms with Crippen LogP contribution in [0.1, 0.15) is 69.9 Å². The van der Waals surface area contributed by atoms with Crippen LogP contribution in [0.15, 0.2) is 48.5 Å². The molecule has 0 unspecified atom stereocenters. The topological polar surface area (TPSA) is 131 Å². The molecule has 0 aromatic heterocycles. The maximum absolute atomic E-state index is 12.4. The van der Waals surface area contributed by atoms with Crippen molar-refractivity contribution in [3.63, 3.8) is 0 Å². The first-order valence-corrected chi connectivity index (χ1v) is 12.9. The molecule has 0 heterocycles. The minimum atomic E-state index is -1.15. The predicted molar refractivity (Wildman–Crippen MR) is 142 cm³/mol. The maximum Gasteiger partial charge on any atom is 0.407 e. The number of carbonyl (C=O) groups is 4. The molecule has 204 valence electrons. The summed E-state index contributed by atoms with van der Waals surface area (Å²) in [6.07, 6.45) is 0.350. The summed E-state index contributed by atoms with van der Waals surface area (Å²) in [6, 6.07) is 15.0. The lowest BCUT2D eigenvalue weighted by Crippen LogP contribution is -2.41. The lowest BCUT2D eigenvalue weighted by Gasteiger charge is -2.19. The van der Waals surface area contributed by atoms with Crippen LogP contribution in [0.25, 0.3) is 11.1 Å². The summed E-state index contributed by atoms with van der Waals surface area (Å²) >= 11 is 0. The first kappa shape index (κ1) is 28.7. The molecular formula is C29H36N2O7. The van der Waals surface area contributed by atoms with Crippen LogP contribution in [0, 0.1) is 0 Å². The minimum absolute atomic E-state index is 0.0682. The zero-order chi connectivity index (χ0) is 27.7. The number of alkyl carbamates (subject to hydrolysis) is 1. The second-order valence-corrected chi connectivity index (χ2v) is 10.3. The van der Waals surface area contributed by atoms with Crippen molar-refractivity contribution in [2.75, 3.05) is 13.2 Å². The van der Waals surface area contributed by atoms with Gasteiger partial charge in [-0.25, -0.2) is 9.59 Å². The summed E-state index contributed by atoms with van der Waals surface area (Å²) in [7, 11) is 0. The standard InChI is InChI=1S/C29H36N2O7/c1-29(2,3)38-28(36)30-17-9-8-14-24(27(34)35)31-25(32)15-16-26(33)37-18-23-21-12-6-4-10-19(21)20-11-5-7-13-22(20)23/h4-7,10-13,23-24H,8-9,14-18H2,1-3H3,(H,30,36)(H,31,32)(H,34,35)/t24-/m0/s1. The third-order valence-corrected chi connectivity index (χ3v) is 6.15. The van der Waals surface area contributed by atoms with Gasteiger partial charge in [0.25, 0.3) is 0 Å². The number of benzene rings is 2. The molecule has 0 saturated heterocycles. The Morgan fingerprint density at radius 3 is 2.11 bits per heavy atom. The molecule has 2 amide bonds. The molecule has 0 bridgehead atoms. The van der Waals surface area contributed by atoms with E-state index in [0.717, 1.165) is 22.3 Å². The van der Waals surface area contributed by atoms with E-state index in [1.54, 1.807) is 20.8 Å². The van der Waals surface area contributed by atoms with Crippen LogP contribution >= 0.6 is 0 Å². The SMILES string of the molecule is CC(C)(C)OC(=O)NCCCC[C@H](NC(=O)CCC(=O)OCC1c2ccccc2-c2ccccc21)C(=O)O. The molecule has 1 atom stereocenters. The van der Waals surface area contributed by atoms with Crippen molar-refractivity contribution in [2.45, 2.75) is 70.4 Å². The Balaban J connectivity index is 1.38. The zero-order valence-corrected chi connectivity index (χ0v) is 22.1. The van der Waals surface area contributed by atoms with Gasteiger partial charge in [-0.2, -0.15) is 0 Å². The molecule has 1 aliphatic carbocycles. The Morgan fingerprint density at radius 2 is 1.53 bits per heavy atom. The average molecular weight is 525 g/mol. The molecule has 0 fully saturated rings. The van der Waals surface area contributed by atoms with Crippen molar-refractivity contribution in [1.82, 2.24) is 10.6 Å². The van der Waals surface area contributed by atoms with E-state index >= 15 is 0 Å². The van der Waals surface area contributed by atoms with Gasteiger partial charge in [0, 0.05) is 18.9 Å². The molecule has 0 radical (unpaired) electrons. The van der Waals surface area contributed by atoms with E-state index < -0.39 is 35.6 Å². The van der Waals surface area contributed by atoms with E-state index in [9.17, 15) is 24.3 Å². The van der Waals surface area contributed by atoms with Gasteiger partial charge in [0.05, 0.1) is 6.42 Å². The fraction of sp³-hybridized carbons (Fsp3) is 0.448. The summed E-state index contributed by atoms with van der Waals surface area (Å²) in [4.78, 5) is 47.9. The quantitative estimate of drug-likeness (QED) is 0.277. The van der Waals surface area contributed by atoms with Crippen molar-refractivity contribution in [3.8, 4) is 11.1 Å². The number of rotatable bonds is 12. The number of nitrogens with one attached hydrogen (secondary N) is 2. The number of ether oxygens (including phenoxy) is 2. The number of amides is 2. The fourth-order valence-corrected chi connectivity index (χ4v) is 4.41. The highest BCUT2D eigenvalue weighted by Crippen LogP contribution is 2.44. The molecule has 2 aromatic rings. The van der Waals surface area contributed by atoms with Crippen molar-refractivity contribution < 1.29 is 33.8 Å². The number of carboxylic acids is 1. The Labute approximate surface area is 222 Å². The van der Waals surface area contributed by atoms with Crippen molar-refractivity contribution in [1.29, 1.82) is 0 Å². The minimum Gasteiger partial charge on any atom is -0.480 e. The van der Waals surface area contributed by atoms with E-state index in [4.69, 9.17) is 9.47 Å². The smallest absolute Gasteiger partial charge is 0.407 e. The molecule has 3 rings (SSSR count). The van der Waals surface area contributed by atoms with Crippen LogP contribution in [0.2, 0.25) is 0 Å². The third kappa shape index (κ3) is 8.33. The molecule has 0 spiro atoms. The first-order valence-electron chi connectivity index (χ1n) is 12.9. The summed E-state index contributed by atoms with van der Waals surface area (Å²) in [5.41, 5.74) is 3.87. The van der Waals surface area contributed by atoms with Crippen LogP contribution in [0.3, 0.4) is 0 Å². The number of unbranched alkanes of at least 4 members (excludes halogenated alkanes) is 1. The Kier molecular flexibility index (Phi) is 9.87. The summed E-state index contributed by atoms with van der Waals surface area (Å²) in [6.45, 7) is 5.79. The van der Waals surface area contributed by atoms with Crippen LogP contribution in [0.5, 0.6) is 0 Å². The molecule has 0 saturated carbocycles. The van der Waals surface area contributed by atoms with Crippen LogP contribution in [-0.4, -0.2) is 53.8 Å². The van der Waals surface area contributed by atoms with Crippen molar-refractivity contribution in [2.24, 2.45) is 0 Å². The number of carbonyl (C=O) groups excluding carboxylic acids is 3. The highest BCUT2D eigenvalue weighted by atomic mass is 16.6. The number of esters is 1. The molecule has 9 heteroatoms. The average Bonchev–Trinajstić information content (AvgIpc) is 3.18. The summed E-state index contributed by atoms with van der Waals surface area (Å²) in [5.74, 6) is -2.26.